The molecular weight excluding hydrogens is 311 g/mol. The van der Waals surface area contributed by atoms with Crippen LogP contribution < -0.4 is 4.74 Å². The predicted molar refractivity (Wildman–Crippen MR) is 83.1 cm³/mol. The molecule has 4 nitrogen and oxygen atoms in total. The summed E-state index contributed by atoms with van der Waals surface area (Å²) in [5.74, 6) is 0.641. The van der Waals surface area contributed by atoms with Crippen LogP contribution in [0.25, 0.3) is 16.8 Å². The number of imidazole rings is 1. The molecule has 0 spiro atoms. The van der Waals surface area contributed by atoms with Crippen LogP contribution in [0.3, 0.4) is 0 Å². The van der Waals surface area contributed by atoms with Crippen molar-refractivity contribution in [2.24, 2.45) is 0 Å². The highest BCUT2D eigenvalue weighted by Gasteiger charge is 2.15. The minimum absolute atomic E-state index is 0.0677. The Labute approximate surface area is 131 Å². The maximum Gasteiger partial charge on any atom is 0.137 e. The fourth-order valence-electron chi connectivity index (χ4n) is 2.28. The van der Waals surface area contributed by atoms with Gasteiger partial charge in [0, 0.05) is 11.8 Å². The fourth-order valence-corrected chi connectivity index (χ4v) is 2.70. The second-order valence-corrected chi connectivity index (χ2v) is 5.28. The van der Waals surface area contributed by atoms with Crippen LogP contribution in [-0.4, -0.2) is 21.6 Å². The first-order chi connectivity index (χ1) is 10.2. The third-order valence-corrected chi connectivity index (χ3v) is 4.12. The monoisotopic (exact) mass is 322 g/mol. The van der Waals surface area contributed by atoms with Crippen LogP contribution in [-0.2, 0) is 6.61 Å². The Morgan fingerprint density at radius 1 is 1.29 bits per heavy atom. The summed E-state index contributed by atoms with van der Waals surface area (Å²) in [5.41, 5.74) is 3.01. The number of aromatic nitrogens is 2. The van der Waals surface area contributed by atoms with Gasteiger partial charge in [-0.15, -0.1) is 0 Å². The van der Waals surface area contributed by atoms with E-state index in [1.807, 2.05) is 22.7 Å². The Morgan fingerprint density at radius 3 is 2.81 bits per heavy atom. The number of rotatable bonds is 3. The van der Waals surface area contributed by atoms with Crippen molar-refractivity contribution in [1.29, 1.82) is 0 Å². The van der Waals surface area contributed by atoms with E-state index in [0.29, 0.717) is 15.8 Å². The molecule has 0 aliphatic heterocycles. The van der Waals surface area contributed by atoms with Crippen molar-refractivity contribution in [3.8, 4) is 16.9 Å². The highest BCUT2D eigenvalue weighted by Crippen LogP contribution is 2.40. The SMILES string of the molecule is COc1ccc(Cl)c(Cl)c1-c1ccn2c(CO)cnc2c1. The summed E-state index contributed by atoms with van der Waals surface area (Å²) in [6, 6.07) is 7.23. The lowest BCUT2D eigenvalue weighted by Gasteiger charge is -2.12. The molecule has 1 aromatic carbocycles. The van der Waals surface area contributed by atoms with Gasteiger partial charge >= 0.3 is 0 Å². The molecule has 0 radical (unpaired) electrons. The largest absolute Gasteiger partial charge is 0.496 e. The molecule has 0 bridgehead atoms. The maximum atomic E-state index is 9.25. The Bertz CT molecular complexity index is 815. The lowest BCUT2D eigenvalue weighted by molar-refractivity contribution is 0.276. The van der Waals surface area contributed by atoms with E-state index in [9.17, 15) is 5.11 Å². The highest BCUT2D eigenvalue weighted by molar-refractivity contribution is 6.44. The summed E-state index contributed by atoms with van der Waals surface area (Å²) in [5, 5.41) is 10.2. The number of fused-ring (bicyclic) bond motifs is 1. The van der Waals surface area contributed by atoms with E-state index in [-0.39, 0.29) is 6.61 Å². The van der Waals surface area contributed by atoms with Crippen molar-refractivity contribution in [3.05, 3.63) is 52.4 Å². The first-order valence-electron chi connectivity index (χ1n) is 6.25. The number of halogens is 2. The molecule has 0 fully saturated rings. The molecular formula is C15H12Cl2N2O2. The average molecular weight is 323 g/mol. The molecule has 2 heterocycles. The van der Waals surface area contributed by atoms with Crippen LogP contribution in [0.15, 0.2) is 36.7 Å². The maximum absolute atomic E-state index is 9.25. The van der Waals surface area contributed by atoms with E-state index in [1.165, 1.54) is 0 Å². The first kappa shape index (κ1) is 14.2. The standard InChI is InChI=1S/C15H12Cl2N2O2/c1-21-12-3-2-11(16)15(17)14(12)9-4-5-19-10(8-20)7-18-13(19)6-9/h2-7,20H,8H2,1H3. The molecule has 0 atom stereocenters. The molecule has 3 aromatic rings. The average Bonchev–Trinajstić information content (AvgIpc) is 2.91. The molecule has 0 aliphatic rings. The second kappa shape index (κ2) is 5.56. The number of hydrogen-bond acceptors (Lipinski definition) is 3. The molecule has 6 heteroatoms. The topological polar surface area (TPSA) is 46.8 Å². The van der Waals surface area contributed by atoms with E-state index in [0.717, 1.165) is 22.5 Å². The number of aliphatic hydroxyl groups is 1. The number of pyridine rings is 1. The van der Waals surface area contributed by atoms with Gasteiger partial charge in [-0.05, 0) is 29.8 Å². The van der Waals surface area contributed by atoms with E-state index in [4.69, 9.17) is 27.9 Å². The number of hydrogen-bond donors (Lipinski definition) is 1. The Hall–Kier alpha value is -1.75. The Morgan fingerprint density at radius 2 is 2.10 bits per heavy atom. The molecule has 0 unspecified atom stereocenters. The minimum atomic E-state index is -0.0677. The summed E-state index contributed by atoms with van der Waals surface area (Å²) in [7, 11) is 1.58. The Balaban J connectivity index is 2.23. The van der Waals surface area contributed by atoms with Crippen LogP contribution in [0.5, 0.6) is 5.75 Å². The Kier molecular flexibility index (Phi) is 3.76. The van der Waals surface area contributed by atoms with Gasteiger partial charge in [-0.1, -0.05) is 23.2 Å². The van der Waals surface area contributed by atoms with Crippen LogP contribution in [0.4, 0.5) is 0 Å². The van der Waals surface area contributed by atoms with Crippen molar-refractivity contribution >= 4 is 28.8 Å². The van der Waals surface area contributed by atoms with E-state index in [1.54, 1.807) is 25.4 Å². The van der Waals surface area contributed by atoms with E-state index >= 15 is 0 Å². The zero-order chi connectivity index (χ0) is 15.0. The van der Waals surface area contributed by atoms with E-state index < -0.39 is 0 Å². The third-order valence-electron chi connectivity index (χ3n) is 3.32. The molecule has 21 heavy (non-hydrogen) atoms. The van der Waals surface area contributed by atoms with Gasteiger partial charge in [-0.25, -0.2) is 4.98 Å². The van der Waals surface area contributed by atoms with Gasteiger partial charge in [0.05, 0.1) is 35.7 Å². The van der Waals surface area contributed by atoms with E-state index in [2.05, 4.69) is 4.98 Å². The number of benzene rings is 1. The molecule has 0 saturated heterocycles. The van der Waals surface area contributed by atoms with Gasteiger partial charge in [0.25, 0.3) is 0 Å². The smallest absolute Gasteiger partial charge is 0.137 e. The zero-order valence-electron chi connectivity index (χ0n) is 11.2. The van der Waals surface area contributed by atoms with Crippen molar-refractivity contribution in [1.82, 2.24) is 9.38 Å². The van der Waals surface area contributed by atoms with Crippen LogP contribution in [0.1, 0.15) is 5.69 Å². The summed E-state index contributed by atoms with van der Waals surface area (Å²) >= 11 is 12.4. The third kappa shape index (κ3) is 2.35. The first-order valence-corrected chi connectivity index (χ1v) is 7.00. The second-order valence-electron chi connectivity index (χ2n) is 4.49. The quantitative estimate of drug-likeness (QED) is 0.797. The number of aliphatic hydroxyl groups excluding tert-OH is 1. The lowest BCUT2D eigenvalue weighted by Crippen LogP contribution is -1.94. The van der Waals surface area contributed by atoms with Gasteiger partial charge in [-0.2, -0.15) is 0 Å². The summed E-state index contributed by atoms with van der Waals surface area (Å²) in [6.45, 7) is -0.0677. The van der Waals surface area contributed by atoms with Gasteiger partial charge in [0.2, 0.25) is 0 Å². The molecule has 0 amide bonds. The van der Waals surface area contributed by atoms with Gasteiger partial charge in [0.15, 0.2) is 0 Å². The lowest BCUT2D eigenvalue weighted by atomic mass is 10.1. The highest BCUT2D eigenvalue weighted by atomic mass is 35.5. The molecule has 2 aromatic heterocycles. The molecule has 1 N–H and O–H groups in total. The fraction of sp³-hybridized carbons (Fsp3) is 0.133. The summed E-state index contributed by atoms with van der Waals surface area (Å²) in [6.07, 6.45) is 3.47. The van der Waals surface area contributed by atoms with Crippen molar-refractivity contribution in [3.63, 3.8) is 0 Å². The predicted octanol–water partition coefficient (Wildman–Crippen LogP) is 3.81. The van der Waals surface area contributed by atoms with Crippen molar-refractivity contribution < 1.29 is 9.84 Å². The van der Waals surface area contributed by atoms with Crippen LogP contribution in [0, 0.1) is 0 Å². The van der Waals surface area contributed by atoms with Crippen LogP contribution >= 0.6 is 23.2 Å². The molecule has 0 aliphatic carbocycles. The van der Waals surface area contributed by atoms with Crippen LogP contribution in [0.2, 0.25) is 10.0 Å². The van der Waals surface area contributed by atoms with Gasteiger partial charge < -0.3 is 14.2 Å². The van der Waals surface area contributed by atoms with Crippen molar-refractivity contribution in [2.75, 3.05) is 7.11 Å². The zero-order valence-corrected chi connectivity index (χ0v) is 12.7. The summed E-state index contributed by atoms with van der Waals surface area (Å²) < 4.78 is 7.18. The summed E-state index contributed by atoms with van der Waals surface area (Å²) in [4.78, 5) is 4.27. The number of nitrogens with zero attached hydrogens (tertiary/aromatic N) is 2. The molecule has 0 saturated carbocycles. The molecule has 3 rings (SSSR count). The van der Waals surface area contributed by atoms with Gasteiger partial charge in [0.1, 0.15) is 11.4 Å². The number of methoxy groups -OCH3 is 1. The molecule has 108 valence electrons. The number of ether oxygens (including phenoxy) is 1. The van der Waals surface area contributed by atoms with Gasteiger partial charge in [-0.3, -0.25) is 0 Å². The van der Waals surface area contributed by atoms with Crippen molar-refractivity contribution in [2.45, 2.75) is 6.61 Å². The minimum Gasteiger partial charge on any atom is -0.496 e. The normalized spacial score (nSPS) is 11.0.